The summed E-state index contributed by atoms with van der Waals surface area (Å²) in [7, 11) is 0. The molecule has 1 saturated heterocycles. The van der Waals surface area contributed by atoms with Gasteiger partial charge in [-0.2, -0.15) is 10.4 Å². The molecular formula is C16H15FN4O. The van der Waals surface area contributed by atoms with Gasteiger partial charge < -0.3 is 0 Å². The van der Waals surface area contributed by atoms with Gasteiger partial charge in [0.2, 0.25) is 0 Å². The molecule has 0 aliphatic carbocycles. The molecule has 0 amide bonds. The van der Waals surface area contributed by atoms with Crippen LogP contribution in [0.15, 0.2) is 35.1 Å². The number of H-pyrrole nitrogens is 1. The second kappa shape index (κ2) is 6.08. The van der Waals surface area contributed by atoms with Crippen LogP contribution in [0.2, 0.25) is 0 Å². The van der Waals surface area contributed by atoms with E-state index in [9.17, 15) is 9.18 Å². The fourth-order valence-electron chi connectivity index (χ4n) is 2.88. The summed E-state index contributed by atoms with van der Waals surface area (Å²) in [5, 5.41) is 15.5. The summed E-state index contributed by atoms with van der Waals surface area (Å²) in [5.74, 6) is -0.494. The lowest BCUT2D eigenvalue weighted by molar-refractivity contribution is 0.243. The molecule has 0 saturated carbocycles. The van der Waals surface area contributed by atoms with Crippen LogP contribution in [-0.2, 0) is 6.54 Å². The summed E-state index contributed by atoms with van der Waals surface area (Å²) < 4.78 is 13.4. The van der Waals surface area contributed by atoms with Crippen molar-refractivity contribution in [3.8, 4) is 6.07 Å². The molecule has 22 heavy (non-hydrogen) atoms. The summed E-state index contributed by atoms with van der Waals surface area (Å²) >= 11 is 0. The number of aromatic amines is 1. The molecule has 1 aromatic carbocycles. The highest BCUT2D eigenvalue weighted by Crippen LogP contribution is 2.31. The molecule has 1 atom stereocenters. The number of nitriles is 1. The van der Waals surface area contributed by atoms with Gasteiger partial charge in [-0.1, -0.05) is 6.07 Å². The van der Waals surface area contributed by atoms with Gasteiger partial charge in [0.05, 0.1) is 17.3 Å². The summed E-state index contributed by atoms with van der Waals surface area (Å²) in [6.07, 6.45) is 2.00. The van der Waals surface area contributed by atoms with E-state index in [2.05, 4.69) is 15.1 Å². The van der Waals surface area contributed by atoms with Crippen molar-refractivity contribution in [2.45, 2.75) is 25.4 Å². The molecule has 0 radical (unpaired) electrons. The molecule has 3 rings (SSSR count). The summed E-state index contributed by atoms with van der Waals surface area (Å²) in [6.45, 7) is 1.53. The largest absolute Gasteiger partial charge is 0.290 e. The number of benzene rings is 1. The molecule has 5 nitrogen and oxygen atoms in total. The van der Waals surface area contributed by atoms with E-state index in [0.717, 1.165) is 30.6 Å². The van der Waals surface area contributed by atoms with E-state index in [0.29, 0.717) is 6.54 Å². The van der Waals surface area contributed by atoms with E-state index in [-0.39, 0.29) is 17.2 Å². The van der Waals surface area contributed by atoms with Crippen LogP contribution in [-0.4, -0.2) is 21.6 Å². The minimum Gasteiger partial charge on any atom is -0.290 e. The van der Waals surface area contributed by atoms with Crippen LogP contribution >= 0.6 is 0 Å². The van der Waals surface area contributed by atoms with Crippen LogP contribution in [0.5, 0.6) is 0 Å². The number of halogens is 1. The third-order valence-corrected chi connectivity index (χ3v) is 3.94. The Bertz CT molecular complexity index is 760. The van der Waals surface area contributed by atoms with Crippen molar-refractivity contribution in [2.24, 2.45) is 0 Å². The molecule has 1 aliphatic heterocycles. The highest BCUT2D eigenvalue weighted by molar-refractivity contribution is 5.34. The first-order chi connectivity index (χ1) is 10.7. The Morgan fingerprint density at radius 1 is 1.41 bits per heavy atom. The lowest BCUT2D eigenvalue weighted by atomic mass is 10.1. The molecule has 112 valence electrons. The molecule has 0 bridgehead atoms. The highest BCUT2D eigenvalue weighted by Gasteiger charge is 2.27. The molecule has 1 aromatic heterocycles. The minimum absolute atomic E-state index is 0.0652. The van der Waals surface area contributed by atoms with Crippen LogP contribution in [0, 0.1) is 17.1 Å². The lowest BCUT2D eigenvalue weighted by Gasteiger charge is -2.23. The quantitative estimate of drug-likeness (QED) is 0.942. The normalized spacial score (nSPS) is 18.3. The van der Waals surface area contributed by atoms with Crippen LogP contribution < -0.4 is 5.56 Å². The molecule has 1 aliphatic rings. The molecule has 2 heterocycles. The maximum absolute atomic E-state index is 13.4. The predicted molar refractivity (Wildman–Crippen MR) is 78.4 cm³/mol. The lowest BCUT2D eigenvalue weighted by Crippen LogP contribution is -2.24. The number of nitrogens with zero attached hydrogens (tertiary/aromatic N) is 3. The molecular weight excluding hydrogens is 283 g/mol. The Morgan fingerprint density at radius 2 is 2.27 bits per heavy atom. The molecule has 1 unspecified atom stereocenters. The zero-order valence-corrected chi connectivity index (χ0v) is 11.9. The molecule has 6 heteroatoms. The SMILES string of the molecule is N#Cc1cc(CN2CCCC2c2ccc(=O)[nH]n2)ccc1F. The van der Waals surface area contributed by atoms with Crippen LogP contribution in [0.3, 0.4) is 0 Å². The van der Waals surface area contributed by atoms with E-state index < -0.39 is 5.82 Å². The van der Waals surface area contributed by atoms with E-state index in [4.69, 9.17) is 5.26 Å². The van der Waals surface area contributed by atoms with Crippen molar-refractivity contribution in [3.05, 3.63) is 63.3 Å². The molecule has 1 N–H and O–H groups in total. The number of rotatable bonds is 3. The van der Waals surface area contributed by atoms with Gasteiger partial charge in [0.15, 0.2) is 0 Å². The molecule has 0 spiro atoms. The predicted octanol–water partition coefficient (Wildman–Crippen LogP) is 2.12. The van der Waals surface area contributed by atoms with Crippen molar-refractivity contribution in [2.75, 3.05) is 6.54 Å². The average molecular weight is 298 g/mol. The zero-order valence-electron chi connectivity index (χ0n) is 11.9. The van der Waals surface area contributed by atoms with E-state index in [1.807, 2.05) is 6.07 Å². The van der Waals surface area contributed by atoms with Gasteiger partial charge in [-0.05, 0) is 43.1 Å². The number of hydrogen-bond donors (Lipinski definition) is 1. The fourth-order valence-corrected chi connectivity index (χ4v) is 2.88. The number of likely N-dealkylation sites (tertiary alicyclic amines) is 1. The Labute approximate surface area is 127 Å². The minimum atomic E-state index is -0.494. The van der Waals surface area contributed by atoms with Gasteiger partial charge in [0, 0.05) is 12.6 Å². The number of aromatic nitrogens is 2. The topological polar surface area (TPSA) is 72.8 Å². The second-order valence-corrected chi connectivity index (χ2v) is 5.40. The van der Waals surface area contributed by atoms with Crippen LogP contribution in [0.25, 0.3) is 0 Å². The second-order valence-electron chi connectivity index (χ2n) is 5.40. The first kappa shape index (κ1) is 14.4. The third-order valence-electron chi connectivity index (χ3n) is 3.94. The van der Waals surface area contributed by atoms with Gasteiger partial charge in [-0.3, -0.25) is 9.69 Å². The van der Waals surface area contributed by atoms with Crippen molar-refractivity contribution in [1.82, 2.24) is 15.1 Å². The van der Waals surface area contributed by atoms with E-state index in [1.54, 1.807) is 18.2 Å². The summed E-state index contributed by atoms with van der Waals surface area (Å²) in [5.41, 5.74) is 1.58. The average Bonchev–Trinajstić information content (AvgIpc) is 2.98. The monoisotopic (exact) mass is 298 g/mol. The van der Waals surface area contributed by atoms with Crippen molar-refractivity contribution < 1.29 is 4.39 Å². The van der Waals surface area contributed by atoms with Gasteiger partial charge in [0.1, 0.15) is 11.9 Å². The molecule has 2 aromatic rings. The number of hydrogen-bond acceptors (Lipinski definition) is 4. The van der Waals surface area contributed by atoms with Crippen LogP contribution in [0.1, 0.15) is 35.7 Å². The maximum Gasteiger partial charge on any atom is 0.264 e. The van der Waals surface area contributed by atoms with Gasteiger partial charge in [-0.25, -0.2) is 9.49 Å². The first-order valence-corrected chi connectivity index (χ1v) is 7.15. The Kier molecular flexibility index (Phi) is 3.98. The highest BCUT2D eigenvalue weighted by atomic mass is 19.1. The van der Waals surface area contributed by atoms with E-state index in [1.165, 1.54) is 12.1 Å². The van der Waals surface area contributed by atoms with Gasteiger partial charge in [-0.15, -0.1) is 0 Å². The fraction of sp³-hybridized carbons (Fsp3) is 0.312. The van der Waals surface area contributed by atoms with Crippen molar-refractivity contribution >= 4 is 0 Å². The maximum atomic E-state index is 13.4. The molecule has 1 fully saturated rings. The summed E-state index contributed by atoms with van der Waals surface area (Å²) in [6, 6.07) is 9.84. The smallest absolute Gasteiger partial charge is 0.264 e. The van der Waals surface area contributed by atoms with Gasteiger partial charge in [0.25, 0.3) is 5.56 Å². The summed E-state index contributed by atoms with van der Waals surface area (Å²) in [4.78, 5) is 13.3. The first-order valence-electron chi connectivity index (χ1n) is 7.15. The van der Waals surface area contributed by atoms with Crippen molar-refractivity contribution in [3.63, 3.8) is 0 Å². The Hall–Kier alpha value is -2.52. The standard InChI is InChI=1S/C16H15FN4O/c17-13-4-3-11(8-12(13)9-18)10-21-7-1-2-15(21)14-5-6-16(22)20-19-14/h3-6,8,15H,1-2,7,10H2,(H,20,22). The Balaban J connectivity index is 1.81. The van der Waals surface area contributed by atoms with Crippen molar-refractivity contribution in [1.29, 1.82) is 5.26 Å². The Morgan fingerprint density at radius 3 is 3.00 bits per heavy atom. The van der Waals surface area contributed by atoms with Gasteiger partial charge >= 0.3 is 0 Å². The zero-order chi connectivity index (χ0) is 15.5. The number of nitrogens with one attached hydrogen (secondary N) is 1. The van der Waals surface area contributed by atoms with Crippen LogP contribution in [0.4, 0.5) is 4.39 Å². The third kappa shape index (κ3) is 2.90. The van der Waals surface area contributed by atoms with E-state index >= 15 is 0 Å².